The number of rotatable bonds is 5. The Balaban J connectivity index is 1.93. The van der Waals surface area contributed by atoms with Crippen LogP contribution in [-0.2, 0) is 7.05 Å². The van der Waals surface area contributed by atoms with Crippen molar-refractivity contribution in [1.29, 1.82) is 0 Å². The van der Waals surface area contributed by atoms with E-state index in [0.29, 0.717) is 6.61 Å². The van der Waals surface area contributed by atoms with E-state index in [1.807, 2.05) is 62.5 Å². The van der Waals surface area contributed by atoms with Crippen LogP contribution < -0.4 is 9.30 Å². The summed E-state index contributed by atoms with van der Waals surface area (Å²) in [6.07, 6.45) is 3.83. The van der Waals surface area contributed by atoms with E-state index in [1.165, 1.54) is 6.07 Å². The minimum absolute atomic E-state index is 0.0912. The van der Waals surface area contributed by atoms with E-state index in [-0.39, 0.29) is 10.6 Å². The molecule has 25 heavy (non-hydrogen) atoms. The average Bonchev–Trinajstić information content (AvgIpc) is 2.62. The van der Waals surface area contributed by atoms with Crippen molar-refractivity contribution in [2.45, 2.75) is 6.92 Å². The number of hydrogen-bond donors (Lipinski definition) is 0. The van der Waals surface area contributed by atoms with Crippen molar-refractivity contribution in [2.24, 2.45) is 7.05 Å². The Labute approximate surface area is 146 Å². The number of hydrogen-bond acceptors (Lipinski definition) is 3. The monoisotopic (exact) mass is 335 g/mol. The smallest absolute Gasteiger partial charge is 0.270 e. The van der Waals surface area contributed by atoms with E-state index in [1.54, 1.807) is 12.1 Å². The number of aromatic nitrogens is 1. The van der Waals surface area contributed by atoms with Gasteiger partial charge in [0, 0.05) is 30.3 Å². The first-order valence-corrected chi connectivity index (χ1v) is 8.06. The van der Waals surface area contributed by atoms with Gasteiger partial charge in [-0.25, -0.2) is 0 Å². The fourth-order valence-electron chi connectivity index (χ4n) is 2.75. The summed E-state index contributed by atoms with van der Waals surface area (Å²) in [4.78, 5) is 10.5. The number of ether oxygens (including phenoxy) is 1. The molecule has 0 spiro atoms. The third kappa shape index (κ3) is 3.66. The van der Waals surface area contributed by atoms with Crippen LogP contribution in [0.2, 0.25) is 0 Å². The molecule has 5 heteroatoms. The molecular formula is C20H19N2O3+. The summed E-state index contributed by atoms with van der Waals surface area (Å²) in [6.45, 7) is 2.60. The standard InChI is InChI=1S/C20H19N2O3/c1-3-25-19-11-12-20-16(14-19)8-10-17(21(20)2)9-7-15-5-4-6-18(13-15)22(23)24/h4-14H,3H2,1-2H3/q+1/b9-7+. The van der Waals surface area contributed by atoms with E-state index in [4.69, 9.17) is 4.74 Å². The highest BCUT2D eigenvalue weighted by Gasteiger charge is 2.10. The van der Waals surface area contributed by atoms with Crippen LogP contribution in [0, 0.1) is 10.1 Å². The Morgan fingerprint density at radius 1 is 1.12 bits per heavy atom. The van der Waals surface area contributed by atoms with E-state index in [9.17, 15) is 10.1 Å². The molecule has 0 saturated heterocycles. The van der Waals surface area contributed by atoms with Gasteiger partial charge in [0.2, 0.25) is 11.2 Å². The third-order valence-corrected chi connectivity index (χ3v) is 4.02. The van der Waals surface area contributed by atoms with Crippen LogP contribution in [0.15, 0.2) is 54.6 Å². The SMILES string of the molecule is CCOc1ccc2c(ccc(/C=C/c3cccc([N+](=O)[O-])c3)[n+]2C)c1. The Morgan fingerprint density at radius 2 is 1.96 bits per heavy atom. The topological polar surface area (TPSA) is 56.3 Å². The second-order valence-corrected chi connectivity index (χ2v) is 5.66. The molecule has 3 rings (SSSR count). The highest BCUT2D eigenvalue weighted by Crippen LogP contribution is 2.20. The number of benzene rings is 2. The van der Waals surface area contributed by atoms with Crippen molar-refractivity contribution in [2.75, 3.05) is 6.61 Å². The second kappa shape index (κ2) is 7.13. The lowest BCUT2D eigenvalue weighted by molar-refractivity contribution is -0.646. The molecule has 0 saturated carbocycles. The molecule has 0 aliphatic heterocycles. The van der Waals surface area contributed by atoms with Crippen LogP contribution in [0.5, 0.6) is 5.75 Å². The maximum Gasteiger partial charge on any atom is 0.270 e. The summed E-state index contributed by atoms with van der Waals surface area (Å²) in [6, 6.07) is 16.7. The zero-order chi connectivity index (χ0) is 17.8. The van der Waals surface area contributed by atoms with Crippen molar-refractivity contribution in [3.8, 4) is 5.75 Å². The fraction of sp³-hybridized carbons (Fsp3) is 0.150. The Bertz CT molecular complexity index is 964. The Morgan fingerprint density at radius 3 is 2.72 bits per heavy atom. The molecule has 0 fully saturated rings. The summed E-state index contributed by atoms with van der Waals surface area (Å²) in [5.41, 5.74) is 2.97. The number of non-ortho nitro benzene ring substituents is 1. The van der Waals surface area contributed by atoms with Crippen molar-refractivity contribution in [3.63, 3.8) is 0 Å². The van der Waals surface area contributed by atoms with Gasteiger partial charge in [-0.2, -0.15) is 4.57 Å². The van der Waals surface area contributed by atoms with Gasteiger partial charge in [0.15, 0.2) is 0 Å². The first-order chi connectivity index (χ1) is 12.1. The molecule has 2 aromatic carbocycles. The van der Waals surface area contributed by atoms with Crippen LogP contribution in [0.3, 0.4) is 0 Å². The number of aryl methyl sites for hydroxylation is 1. The van der Waals surface area contributed by atoms with Gasteiger partial charge < -0.3 is 4.74 Å². The van der Waals surface area contributed by atoms with Gasteiger partial charge in [-0.15, -0.1) is 0 Å². The van der Waals surface area contributed by atoms with E-state index in [2.05, 4.69) is 4.57 Å². The normalized spacial score (nSPS) is 11.1. The molecule has 3 aromatic rings. The number of nitro groups is 1. The van der Waals surface area contributed by atoms with Gasteiger partial charge in [0.05, 0.1) is 16.9 Å². The van der Waals surface area contributed by atoms with Crippen molar-refractivity contribution in [3.05, 3.63) is 76.0 Å². The number of nitro benzene ring substituents is 1. The van der Waals surface area contributed by atoms with E-state index in [0.717, 1.165) is 27.9 Å². The van der Waals surface area contributed by atoms with E-state index >= 15 is 0 Å². The van der Waals surface area contributed by atoms with Crippen LogP contribution in [0.1, 0.15) is 18.2 Å². The maximum absolute atomic E-state index is 10.9. The molecule has 5 nitrogen and oxygen atoms in total. The summed E-state index contributed by atoms with van der Waals surface area (Å²) in [5.74, 6) is 0.856. The maximum atomic E-state index is 10.9. The van der Waals surface area contributed by atoms with E-state index < -0.39 is 0 Å². The minimum atomic E-state index is -0.386. The quantitative estimate of drug-likeness (QED) is 0.400. The van der Waals surface area contributed by atoms with Gasteiger partial charge in [0.25, 0.3) is 5.69 Å². The van der Waals surface area contributed by atoms with Gasteiger partial charge in [-0.1, -0.05) is 12.1 Å². The third-order valence-electron chi connectivity index (χ3n) is 4.02. The molecule has 0 radical (unpaired) electrons. The lowest BCUT2D eigenvalue weighted by atomic mass is 10.1. The molecule has 126 valence electrons. The summed E-state index contributed by atoms with van der Waals surface area (Å²) in [5, 5.41) is 12.0. The minimum Gasteiger partial charge on any atom is -0.494 e. The molecule has 0 N–H and O–H groups in total. The van der Waals surface area contributed by atoms with Gasteiger partial charge in [-0.05, 0) is 36.8 Å². The molecule has 0 bridgehead atoms. The summed E-state index contributed by atoms with van der Waals surface area (Å²) < 4.78 is 7.62. The molecule has 0 unspecified atom stereocenters. The van der Waals surface area contributed by atoms with Gasteiger partial charge >= 0.3 is 0 Å². The van der Waals surface area contributed by atoms with Gasteiger partial charge in [-0.3, -0.25) is 10.1 Å². The largest absolute Gasteiger partial charge is 0.494 e. The first-order valence-electron chi connectivity index (χ1n) is 8.06. The highest BCUT2D eigenvalue weighted by atomic mass is 16.6. The van der Waals surface area contributed by atoms with Crippen LogP contribution >= 0.6 is 0 Å². The number of nitrogens with zero attached hydrogens (tertiary/aromatic N) is 2. The zero-order valence-corrected chi connectivity index (χ0v) is 14.2. The molecule has 1 aromatic heterocycles. The molecular weight excluding hydrogens is 316 g/mol. The Hall–Kier alpha value is -3.21. The van der Waals surface area contributed by atoms with Crippen molar-refractivity contribution >= 4 is 28.7 Å². The predicted octanol–water partition coefficient (Wildman–Crippen LogP) is 4.14. The zero-order valence-electron chi connectivity index (χ0n) is 14.2. The van der Waals surface area contributed by atoms with Gasteiger partial charge in [0.1, 0.15) is 12.8 Å². The fourth-order valence-corrected chi connectivity index (χ4v) is 2.75. The molecule has 0 atom stereocenters. The first kappa shape index (κ1) is 16.6. The molecule has 0 amide bonds. The average molecular weight is 335 g/mol. The lowest BCUT2D eigenvalue weighted by Gasteiger charge is -2.04. The van der Waals surface area contributed by atoms with Crippen molar-refractivity contribution < 1.29 is 14.2 Å². The van der Waals surface area contributed by atoms with Crippen LogP contribution in [-0.4, -0.2) is 11.5 Å². The molecule has 0 aliphatic carbocycles. The molecule has 0 aliphatic rings. The van der Waals surface area contributed by atoms with Crippen LogP contribution in [0.25, 0.3) is 23.1 Å². The number of pyridine rings is 1. The predicted molar refractivity (Wildman–Crippen MR) is 98.3 cm³/mol. The van der Waals surface area contributed by atoms with Crippen LogP contribution in [0.4, 0.5) is 5.69 Å². The number of fused-ring (bicyclic) bond motifs is 1. The van der Waals surface area contributed by atoms with Crippen molar-refractivity contribution in [1.82, 2.24) is 0 Å². The molecule has 1 heterocycles. The lowest BCUT2D eigenvalue weighted by Crippen LogP contribution is -2.32. The summed E-state index contributed by atoms with van der Waals surface area (Å²) >= 11 is 0. The second-order valence-electron chi connectivity index (χ2n) is 5.66. The Kier molecular flexibility index (Phi) is 4.75. The summed E-state index contributed by atoms with van der Waals surface area (Å²) in [7, 11) is 2.00. The highest BCUT2D eigenvalue weighted by molar-refractivity contribution is 5.79.